The maximum Gasteiger partial charge on any atom is 0.324 e. The molecule has 2 aliphatic rings. The summed E-state index contributed by atoms with van der Waals surface area (Å²) in [6.45, 7) is 4.44. The van der Waals surface area contributed by atoms with Crippen molar-refractivity contribution >= 4 is 23.3 Å². The summed E-state index contributed by atoms with van der Waals surface area (Å²) in [5.74, 6) is -0.0860. The second-order valence-electron chi connectivity index (χ2n) is 5.22. The average Bonchev–Trinajstić information content (AvgIpc) is 3.06. The van der Waals surface area contributed by atoms with Crippen LogP contribution in [0.3, 0.4) is 0 Å². The molecule has 20 heavy (non-hydrogen) atoms. The monoisotopic (exact) mass is 293 g/mol. The molecule has 3 rings (SSSR count). The van der Waals surface area contributed by atoms with Crippen LogP contribution in [0.4, 0.5) is 4.79 Å². The van der Waals surface area contributed by atoms with Gasteiger partial charge in [-0.25, -0.2) is 4.79 Å². The van der Waals surface area contributed by atoms with Crippen LogP contribution < -0.4 is 5.32 Å². The van der Waals surface area contributed by atoms with Gasteiger partial charge in [0.2, 0.25) is 5.91 Å². The Hall–Kier alpha value is -1.40. The predicted molar refractivity (Wildman–Crippen MR) is 77.7 cm³/mol. The quantitative estimate of drug-likeness (QED) is 0.921. The van der Waals surface area contributed by atoms with Crippen molar-refractivity contribution in [3.63, 3.8) is 0 Å². The molecule has 1 saturated heterocycles. The van der Waals surface area contributed by atoms with Crippen LogP contribution in [0.5, 0.6) is 0 Å². The van der Waals surface area contributed by atoms with Crippen molar-refractivity contribution in [3.05, 3.63) is 21.9 Å². The van der Waals surface area contributed by atoms with E-state index in [9.17, 15) is 9.59 Å². The Bertz CT molecular complexity index is 528. The summed E-state index contributed by atoms with van der Waals surface area (Å²) in [6, 6.07) is 2.23. The van der Waals surface area contributed by atoms with Gasteiger partial charge in [0.25, 0.3) is 0 Å². The highest BCUT2D eigenvalue weighted by Gasteiger charge is 2.32. The van der Waals surface area contributed by atoms with E-state index in [0.717, 1.165) is 19.4 Å². The number of carbonyl (C=O) groups excluding carboxylic acids is 2. The van der Waals surface area contributed by atoms with Gasteiger partial charge in [-0.2, -0.15) is 0 Å². The van der Waals surface area contributed by atoms with Crippen LogP contribution in [0, 0.1) is 0 Å². The molecule has 6 heteroatoms. The van der Waals surface area contributed by atoms with Gasteiger partial charge in [0.15, 0.2) is 0 Å². The first-order valence-electron chi connectivity index (χ1n) is 7.09. The molecule has 0 radical (unpaired) electrons. The molecule has 0 bridgehead atoms. The van der Waals surface area contributed by atoms with E-state index in [2.05, 4.69) is 28.6 Å². The van der Waals surface area contributed by atoms with E-state index in [4.69, 9.17) is 0 Å². The van der Waals surface area contributed by atoms with Crippen molar-refractivity contribution in [1.82, 2.24) is 15.1 Å². The maximum absolute atomic E-state index is 12.3. The molecule has 1 atom stereocenters. The normalized spacial score (nSPS) is 22.8. The Morgan fingerprint density at radius 1 is 1.50 bits per heavy atom. The minimum atomic E-state index is -0.253. The molecule has 5 nitrogen and oxygen atoms in total. The Labute approximate surface area is 122 Å². The number of amides is 3. The third-order valence-corrected chi connectivity index (χ3v) is 5.09. The third-order valence-electron chi connectivity index (χ3n) is 4.09. The van der Waals surface area contributed by atoms with Gasteiger partial charge in [0.1, 0.15) is 0 Å². The van der Waals surface area contributed by atoms with E-state index in [1.807, 2.05) is 0 Å². The average molecular weight is 293 g/mol. The summed E-state index contributed by atoms with van der Waals surface area (Å²) in [5.41, 5.74) is 1.36. The van der Waals surface area contributed by atoms with E-state index in [1.54, 1.807) is 11.3 Å². The van der Waals surface area contributed by atoms with E-state index in [0.29, 0.717) is 25.7 Å². The van der Waals surface area contributed by atoms with E-state index < -0.39 is 0 Å². The van der Waals surface area contributed by atoms with Gasteiger partial charge in [-0.3, -0.25) is 14.6 Å². The zero-order valence-electron chi connectivity index (χ0n) is 11.6. The minimum Gasteiger partial charge on any atom is -0.336 e. The number of urea groups is 1. The first-order valence-corrected chi connectivity index (χ1v) is 7.97. The Morgan fingerprint density at radius 3 is 3.05 bits per heavy atom. The molecule has 0 aromatic carbocycles. The van der Waals surface area contributed by atoms with Gasteiger partial charge in [0.05, 0.1) is 6.54 Å². The van der Waals surface area contributed by atoms with Crippen LogP contribution in [0.2, 0.25) is 0 Å². The van der Waals surface area contributed by atoms with Crippen LogP contribution in [-0.4, -0.2) is 47.9 Å². The first-order chi connectivity index (χ1) is 9.70. The predicted octanol–water partition coefficient (Wildman–Crippen LogP) is 1.61. The van der Waals surface area contributed by atoms with Gasteiger partial charge in [-0.05, 0) is 29.9 Å². The Balaban J connectivity index is 1.71. The highest BCUT2D eigenvalue weighted by Crippen LogP contribution is 2.34. The standard InChI is InChI=1S/C14H19N3O2S/c1-2-11-10-4-8-20-12(10)3-6-16(11)9-13(18)17-7-5-15-14(17)19/h4,8,11H,2-3,5-7,9H2,1H3,(H,15,19). The van der Waals surface area contributed by atoms with Crippen LogP contribution in [0.25, 0.3) is 0 Å². The lowest BCUT2D eigenvalue weighted by atomic mass is 9.98. The van der Waals surface area contributed by atoms with Crippen molar-refractivity contribution in [2.45, 2.75) is 25.8 Å². The Morgan fingerprint density at radius 2 is 2.35 bits per heavy atom. The van der Waals surface area contributed by atoms with Gasteiger partial charge in [-0.15, -0.1) is 11.3 Å². The molecule has 0 aliphatic carbocycles. The lowest BCUT2D eigenvalue weighted by molar-refractivity contribution is -0.129. The summed E-state index contributed by atoms with van der Waals surface area (Å²) in [7, 11) is 0. The molecule has 3 heterocycles. The number of hydrogen-bond acceptors (Lipinski definition) is 4. The molecule has 1 aromatic rings. The lowest BCUT2D eigenvalue weighted by Gasteiger charge is -2.35. The number of hydrogen-bond donors (Lipinski definition) is 1. The van der Waals surface area contributed by atoms with Crippen molar-refractivity contribution in [3.8, 4) is 0 Å². The minimum absolute atomic E-state index is 0.0860. The molecule has 1 unspecified atom stereocenters. The van der Waals surface area contributed by atoms with Gasteiger partial charge in [0, 0.05) is 30.6 Å². The van der Waals surface area contributed by atoms with Crippen LogP contribution in [-0.2, 0) is 11.2 Å². The molecular weight excluding hydrogens is 274 g/mol. The number of rotatable bonds is 3. The lowest BCUT2D eigenvalue weighted by Crippen LogP contribution is -2.45. The zero-order chi connectivity index (χ0) is 14.1. The molecule has 0 saturated carbocycles. The topological polar surface area (TPSA) is 52.7 Å². The fourth-order valence-corrected chi connectivity index (χ4v) is 4.01. The van der Waals surface area contributed by atoms with Gasteiger partial charge < -0.3 is 5.32 Å². The van der Waals surface area contributed by atoms with Gasteiger partial charge in [-0.1, -0.05) is 6.92 Å². The highest BCUT2D eigenvalue weighted by atomic mass is 32.1. The fourth-order valence-electron chi connectivity index (χ4n) is 3.08. The van der Waals surface area contributed by atoms with E-state index >= 15 is 0 Å². The molecular formula is C14H19N3O2S. The number of imide groups is 1. The van der Waals surface area contributed by atoms with Crippen LogP contribution in [0.1, 0.15) is 29.8 Å². The second kappa shape index (κ2) is 5.54. The zero-order valence-corrected chi connectivity index (χ0v) is 12.4. The van der Waals surface area contributed by atoms with Crippen molar-refractivity contribution in [2.75, 3.05) is 26.2 Å². The summed E-state index contributed by atoms with van der Waals surface area (Å²) in [6.07, 6.45) is 1.99. The van der Waals surface area contributed by atoms with Gasteiger partial charge >= 0.3 is 6.03 Å². The molecule has 3 amide bonds. The molecule has 108 valence electrons. The van der Waals surface area contributed by atoms with E-state index in [-0.39, 0.29) is 11.9 Å². The van der Waals surface area contributed by atoms with Crippen molar-refractivity contribution in [2.24, 2.45) is 0 Å². The second-order valence-corrected chi connectivity index (χ2v) is 6.22. The summed E-state index contributed by atoms with van der Waals surface area (Å²) < 4.78 is 0. The van der Waals surface area contributed by atoms with Crippen molar-refractivity contribution in [1.29, 1.82) is 0 Å². The van der Waals surface area contributed by atoms with Crippen LogP contribution in [0.15, 0.2) is 11.4 Å². The maximum atomic E-state index is 12.3. The third kappa shape index (κ3) is 2.33. The number of nitrogens with one attached hydrogen (secondary N) is 1. The van der Waals surface area contributed by atoms with Crippen LogP contribution >= 0.6 is 11.3 Å². The molecule has 1 aromatic heterocycles. The van der Waals surface area contributed by atoms with Crippen molar-refractivity contribution < 1.29 is 9.59 Å². The number of thiophene rings is 1. The van der Waals surface area contributed by atoms with E-state index in [1.165, 1.54) is 15.3 Å². The fraction of sp³-hybridized carbons (Fsp3) is 0.571. The molecule has 1 N–H and O–H groups in total. The molecule has 1 fully saturated rings. The smallest absolute Gasteiger partial charge is 0.324 e. The largest absolute Gasteiger partial charge is 0.336 e. The number of fused-ring (bicyclic) bond motifs is 1. The highest BCUT2D eigenvalue weighted by molar-refractivity contribution is 7.10. The summed E-state index contributed by atoms with van der Waals surface area (Å²) in [5, 5.41) is 4.81. The summed E-state index contributed by atoms with van der Waals surface area (Å²) >= 11 is 1.80. The molecule has 2 aliphatic heterocycles. The summed E-state index contributed by atoms with van der Waals surface area (Å²) in [4.78, 5) is 28.8. The number of nitrogens with zero attached hydrogens (tertiary/aromatic N) is 2. The SMILES string of the molecule is CCC1c2ccsc2CCN1CC(=O)N1CCNC1=O. The first kappa shape index (κ1) is 13.6. The molecule has 0 spiro atoms. The number of carbonyl (C=O) groups is 2. The Kier molecular flexibility index (Phi) is 3.76.